The summed E-state index contributed by atoms with van der Waals surface area (Å²) in [6, 6.07) is 17.5. The number of hydrogen-bond acceptors (Lipinski definition) is 1. The molecule has 0 amide bonds. The molecule has 4 rings (SSSR count). The predicted molar refractivity (Wildman–Crippen MR) is 126 cm³/mol. The Morgan fingerprint density at radius 1 is 0.933 bits per heavy atom. The van der Waals surface area contributed by atoms with Crippen molar-refractivity contribution in [2.24, 2.45) is 5.92 Å². The molecule has 2 atom stereocenters. The molecule has 0 N–H and O–H groups in total. The van der Waals surface area contributed by atoms with Crippen molar-refractivity contribution in [1.29, 1.82) is 0 Å². The SMILES string of the molecule is CCC1C(CCC(=O)C2CCCc3ccccc32)=CC=C1CCc1ccc(C)cc1. The maximum Gasteiger partial charge on any atom is 0.140 e. The largest absolute Gasteiger partial charge is 0.299 e. The van der Waals surface area contributed by atoms with E-state index in [9.17, 15) is 4.79 Å². The molecule has 0 bridgehead atoms. The number of ketones is 1. The number of Topliss-reactive ketones (excluding diaryl/α,β-unsaturated/α-hetero) is 1. The lowest BCUT2D eigenvalue weighted by Crippen LogP contribution is -2.19. The average Bonchev–Trinajstić information content (AvgIpc) is 3.18. The van der Waals surface area contributed by atoms with Crippen molar-refractivity contribution in [3.05, 3.63) is 94.1 Å². The van der Waals surface area contributed by atoms with Crippen molar-refractivity contribution in [3.8, 4) is 0 Å². The summed E-state index contributed by atoms with van der Waals surface area (Å²) in [6.45, 7) is 4.42. The molecule has 2 aliphatic carbocycles. The minimum Gasteiger partial charge on any atom is -0.299 e. The van der Waals surface area contributed by atoms with Gasteiger partial charge in [-0.2, -0.15) is 0 Å². The predicted octanol–water partition coefficient (Wildman–Crippen LogP) is 7.29. The van der Waals surface area contributed by atoms with Gasteiger partial charge < -0.3 is 0 Å². The number of benzene rings is 2. The van der Waals surface area contributed by atoms with Crippen molar-refractivity contribution in [3.63, 3.8) is 0 Å². The standard InChI is InChI=1S/C29H34O/c1-3-26-24(16-15-22-13-11-21(2)12-14-22)17-18-25(26)19-20-29(30)28-10-6-8-23-7-4-5-9-27(23)28/h4-5,7,9,11-14,17-18,26,28H,3,6,8,10,15-16,19-20H2,1-2H3. The monoisotopic (exact) mass is 398 g/mol. The number of allylic oxidation sites excluding steroid dienone is 4. The van der Waals surface area contributed by atoms with Crippen LogP contribution >= 0.6 is 0 Å². The van der Waals surface area contributed by atoms with E-state index in [1.54, 1.807) is 5.57 Å². The Bertz CT molecular complexity index is 945. The number of hydrogen-bond donors (Lipinski definition) is 0. The zero-order chi connectivity index (χ0) is 20.9. The van der Waals surface area contributed by atoms with E-state index in [1.807, 2.05) is 0 Å². The first-order chi connectivity index (χ1) is 14.7. The van der Waals surface area contributed by atoms with Crippen LogP contribution in [-0.4, -0.2) is 5.78 Å². The molecule has 2 aromatic carbocycles. The Morgan fingerprint density at radius 2 is 1.67 bits per heavy atom. The van der Waals surface area contributed by atoms with Crippen LogP contribution in [0.2, 0.25) is 0 Å². The Kier molecular flexibility index (Phi) is 6.67. The van der Waals surface area contributed by atoms with Crippen molar-refractivity contribution in [1.82, 2.24) is 0 Å². The molecule has 0 radical (unpaired) electrons. The quantitative estimate of drug-likeness (QED) is 0.456. The average molecular weight is 399 g/mol. The Labute approximate surface area is 181 Å². The highest BCUT2D eigenvalue weighted by Gasteiger charge is 2.27. The van der Waals surface area contributed by atoms with Crippen LogP contribution in [0, 0.1) is 12.8 Å². The maximum absolute atomic E-state index is 13.1. The van der Waals surface area contributed by atoms with Gasteiger partial charge in [0, 0.05) is 18.3 Å². The fraction of sp³-hybridized carbons (Fsp3) is 0.414. The topological polar surface area (TPSA) is 17.1 Å². The summed E-state index contributed by atoms with van der Waals surface area (Å²) >= 11 is 0. The zero-order valence-electron chi connectivity index (χ0n) is 18.5. The molecule has 2 unspecified atom stereocenters. The number of aryl methyl sites for hydroxylation is 3. The van der Waals surface area contributed by atoms with Crippen LogP contribution in [0.4, 0.5) is 0 Å². The van der Waals surface area contributed by atoms with Crippen LogP contribution in [0.5, 0.6) is 0 Å². The van der Waals surface area contributed by atoms with E-state index in [0.29, 0.717) is 18.1 Å². The molecule has 0 saturated carbocycles. The first-order valence-corrected chi connectivity index (χ1v) is 11.7. The highest BCUT2D eigenvalue weighted by molar-refractivity contribution is 5.86. The second kappa shape index (κ2) is 9.60. The van der Waals surface area contributed by atoms with E-state index in [-0.39, 0.29) is 5.92 Å². The molecule has 1 heteroatoms. The van der Waals surface area contributed by atoms with Crippen LogP contribution in [0.3, 0.4) is 0 Å². The van der Waals surface area contributed by atoms with E-state index < -0.39 is 0 Å². The zero-order valence-corrected chi connectivity index (χ0v) is 18.5. The second-order valence-corrected chi connectivity index (χ2v) is 9.04. The molecule has 1 nitrogen and oxygen atoms in total. The summed E-state index contributed by atoms with van der Waals surface area (Å²) in [7, 11) is 0. The molecule has 0 spiro atoms. The molecule has 0 fully saturated rings. The second-order valence-electron chi connectivity index (χ2n) is 9.04. The normalized spacial score (nSPS) is 20.5. The fourth-order valence-electron chi connectivity index (χ4n) is 5.30. The summed E-state index contributed by atoms with van der Waals surface area (Å²) in [4.78, 5) is 13.1. The van der Waals surface area contributed by atoms with Gasteiger partial charge in [-0.1, -0.05) is 84.3 Å². The molecular weight excluding hydrogens is 364 g/mol. The molecule has 0 heterocycles. The molecule has 0 aliphatic heterocycles. The summed E-state index contributed by atoms with van der Waals surface area (Å²) in [5, 5.41) is 0. The van der Waals surface area contributed by atoms with Crippen LogP contribution < -0.4 is 0 Å². The van der Waals surface area contributed by atoms with Gasteiger partial charge in [0.05, 0.1) is 0 Å². The third kappa shape index (κ3) is 4.67. The third-order valence-corrected chi connectivity index (χ3v) is 7.06. The number of carbonyl (C=O) groups is 1. The molecular formula is C29H34O. The molecule has 0 saturated heterocycles. The summed E-state index contributed by atoms with van der Waals surface area (Å²) in [6.07, 6.45) is 12.9. The van der Waals surface area contributed by atoms with Crippen molar-refractivity contribution in [2.45, 2.75) is 71.1 Å². The van der Waals surface area contributed by atoms with Gasteiger partial charge in [-0.3, -0.25) is 4.79 Å². The minimum absolute atomic E-state index is 0.117. The molecule has 156 valence electrons. The Balaban J connectivity index is 1.32. The molecule has 2 aliphatic rings. The lowest BCUT2D eigenvalue weighted by atomic mass is 9.78. The summed E-state index contributed by atoms with van der Waals surface area (Å²) < 4.78 is 0. The van der Waals surface area contributed by atoms with E-state index in [0.717, 1.165) is 44.9 Å². The summed E-state index contributed by atoms with van der Waals surface area (Å²) in [5.74, 6) is 1.08. The van der Waals surface area contributed by atoms with Crippen molar-refractivity contribution in [2.75, 3.05) is 0 Å². The van der Waals surface area contributed by atoms with Crippen molar-refractivity contribution < 1.29 is 4.79 Å². The highest BCUT2D eigenvalue weighted by Crippen LogP contribution is 2.37. The van der Waals surface area contributed by atoms with Crippen LogP contribution in [0.15, 0.2) is 71.8 Å². The Morgan fingerprint density at radius 3 is 2.43 bits per heavy atom. The summed E-state index contributed by atoms with van der Waals surface area (Å²) in [5.41, 5.74) is 8.42. The Hall–Kier alpha value is -2.41. The van der Waals surface area contributed by atoms with E-state index in [2.05, 4.69) is 74.5 Å². The molecule has 2 aromatic rings. The smallest absolute Gasteiger partial charge is 0.140 e. The maximum atomic E-state index is 13.1. The number of fused-ring (bicyclic) bond motifs is 1. The van der Waals surface area contributed by atoms with E-state index in [4.69, 9.17) is 0 Å². The first kappa shape index (κ1) is 20.8. The van der Waals surface area contributed by atoms with Gasteiger partial charge in [-0.25, -0.2) is 0 Å². The van der Waals surface area contributed by atoms with E-state index >= 15 is 0 Å². The van der Waals surface area contributed by atoms with Crippen molar-refractivity contribution >= 4 is 5.78 Å². The van der Waals surface area contributed by atoms with Gasteiger partial charge in [0.25, 0.3) is 0 Å². The van der Waals surface area contributed by atoms with Gasteiger partial charge in [-0.05, 0) is 68.6 Å². The minimum atomic E-state index is 0.117. The van der Waals surface area contributed by atoms with Gasteiger partial charge in [0.15, 0.2) is 0 Å². The van der Waals surface area contributed by atoms with E-state index in [1.165, 1.54) is 27.8 Å². The molecule has 0 aromatic heterocycles. The van der Waals surface area contributed by atoms with Gasteiger partial charge >= 0.3 is 0 Å². The highest BCUT2D eigenvalue weighted by atomic mass is 16.1. The van der Waals surface area contributed by atoms with Gasteiger partial charge in [0.1, 0.15) is 5.78 Å². The molecule has 30 heavy (non-hydrogen) atoms. The van der Waals surface area contributed by atoms with Gasteiger partial charge in [-0.15, -0.1) is 0 Å². The van der Waals surface area contributed by atoms with Gasteiger partial charge in [0.2, 0.25) is 0 Å². The number of carbonyl (C=O) groups excluding carboxylic acids is 1. The van der Waals surface area contributed by atoms with Crippen LogP contribution in [-0.2, 0) is 17.6 Å². The third-order valence-electron chi connectivity index (χ3n) is 7.06. The lowest BCUT2D eigenvalue weighted by Gasteiger charge is -2.25. The van der Waals surface area contributed by atoms with Crippen LogP contribution in [0.25, 0.3) is 0 Å². The number of rotatable bonds is 8. The first-order valence-electron chi connectivity index (χ1n) is 11.7. The lowest BCUT2D eigenvalue weighted by molar-refractivity contribution is -0.120. The fourth-order valence-corrected chi connectivity index (χ4v) is 5.30. The van der Waals surface area contributed by atoms with Crippen LogP contribution in [0.1, 0.15) is 73.6 Å².